The first-order valence-corrected chi connectivity index (χ1v) is 11.1. The second kappa shape index (κ2) is 9.69. The lowest BCUT2D eigenvalue weighted by Crippen LogP contribution is -2.49. The van der Waals surface area contributed by atoms with E-state index >= 15 is 0 Å². The number of piperazine rings is 1. The molecule has 1 heterocycles. The Hall–Kier alpha value is -3.60. The zero-order valence-electron chi connectivity index (χ0n) is 18.7. The maximum absolute atomic E-state index is 12.7. The van der Waals surface area contributed by atoms with Gasteiger partial charge in [0.2, 0.25) is 5.91 Å². The minimum absolute atomic E-state index is 0.100. The first-order chi connectivity index (χ1) is 15.5. The molecule has 5 heteroatoms. The van der Waals surface area contributed by atoms with E-state index in [2.05, 4.69) is 10.2 Å². The van der Waals surface area contributed by atoms with Crippen molar-refractivity contribution in [3.8, 4) is 0 Å². The Kier molecular flexibility index (Phi) is 6.55. The number of anilines is 2. The highest BCUT2D eigenvalue weighted by Crippen LogP contribution is 2.21. The first-order valence-electron chi connectivity index (χ1n) is 11.1. The van der Waals surface area contributed by atoms with Crippen LogP contribution in [-0.4, -0.2) is 42.9 Å². The van der Waals surface area contributed by atoms with E-state index in [1.807, 2.05) is 91.5 Å². The largest absolute Gasteiger partial charge is 0.368 e. The lowest BCUT2D eigenvalue weighted by atomic mass is 10.1. The van der Waals surface area contributed by atoms with Crippen molar-refractivity contribution in [3.63, 3.8) is 0 Å². The van der Waals surface area contributed by atoms with Crippen LogP contribution in [0.3, 0.4) is 0 Å². The molecule has 0 unspecified atom stereocenters. The Morgan fingerprint density at radius 3 is 2.06 bits per heavy atom. The Morgan fingerprint density at radius 2 is 1.41 bits per heavy atom. The molecule has 1 N–H and O–H groups in total. The molecule has 3 aromatic carbocycles. The summed E-state index contributed by atoms with van der Waals surface area (Å²) in [4.78, 5) is 29.5. The molecule has 5 nitrogen and oxygen atoms in total. The maximum Gasteiger partial charge on any atom is 0.255 e. The molecule has 1 saturated heterocycles. The van der Waals surface area contributed by atoms with E-state index in [1.54, 1.807) is 0 Å². The van der Waals surface area contributed by atoms with E-state index in [0.29, 0.717) is 12.0 Å². The van der Waals surface area contributed by atoms with Crippen LogP contribution in [0.2, 0.25) is 0 Å². The van der Waals surface area contributed by atoms with Gasteiger partial charge in [0.15, 0.2) is 0 Å². The number of amides is 2. The number of aryl methyl sites for hydroxylation is 2. The van der Waals surface area contributed by atoms with Crippen LogP contribution in [0.5, 0.6) is 0 Å². The van der Waals surface area contributed by atoms with E-state index < -0.39 is 0 Å². The van der Waals surface area contributed by atoms with Crippen LogP contribution in [0.15, 0.2) is 72.8 Å². The van der Waals surface area contributed by atoms with Crippen molar-refractivity contribution in [2.75, 3.05) is 36.4 Å². The predicted octanol–water partition coefficient (Wildman–Crippen LogP) is 4.45. The zero-order valence-corrected chi connectivity index (χ0v) is 18.7. The van der Waals surface area contributed by atoms with Gasteiger partial charge in [0.05, 0.1) is 6.42 Å². The molecule has 0 spiro atoms. The number of benzene rings is 3. The normalized spacial score (nSPS) is 13.7. The molecule has 0 aromatic heterocycles. The van der Waals surface area contributed by atoms with Gasteiger partial charge in [0.25, 0.3) is 5.91 Å². The molecule has 0 aliphatic carbocycles. The molecule has 2 amide bonds. The van der Waals surface area contributed by atoms with E-state index in [9.17, 15) is 9.59 Å². The molecule has 0 radical (unpaired) electrons. The molecule has 3 aromatic rings. The monoisotopic (exact) mass is 427 g/mol. The third-order valence-corrected chi connectivity index (χ3v) is 6.12. The number of hydrogen-bond donors (Lipinski definition) is 1. The van der Waals surface area contributed by atoms with Gasteiger partial charge in [0, 0.05) is 43.1 Å². The molecule has 1 aliphatic heterocycles. The summed E-state index contributed by atoms with van der Waals surface area (Å²) in [5, 5.41) is 2.97. The van der Waals surface area contributed by atoms with E-state index in [-0.39, 0.29) is 11.8 Å². The van der Waals surface area contributed by atoms with Crippen LogP contribution in [0.1, 0.15) is 27.0 Å². The minimum atomic E-state index is -0.100. The summed E-state index contributed by atoms with van der Waals surface area (Å²) in [7, 11) is 0. The second-order valence-electron chi connectivity index (χ2n) is 8.29. The molecule has 164 valence electrons. The average Bonchev–Trinajstić information content (AvgIpc) is 2.81. The zero-order chi connectivity index (χ0) is 22.5. The summed E-state index contributed by atoms with van der Waals surface area (Å²) in [6.07, 6.45) is 0.460. The molecular formula is C27H29N3O2. The van der Waals surface area contributed by atoms with Gasteiger partial charge in [0.1, 0.15) is 0 Å². The van der Waals surface area contributed by atoms with E-state index in [0.717, 1.165) is 54.2 Å². The molecule has 4 rings (SSSR count). The van der Waals surface area contributed by atoms with Gasteiger partial charge < -0.3 is 15.1 Å². The van der Waals surface area contributed by atoms with Gasteiger partial charge in [-0.3, -0.25) is 9.59 Å². The highest BCUT2D eigenvalue weighted by atomic mass is 16.2. The van der Waals surface area contributed by atoms with Gasteiger partial charge in [-0.1, -0.05) is 42.5 Å². The molecular weight excluding hydrogens is 398 g/mol. The van der Waals surface area contributed by atoms with Crippen LogP contribution in [0, 0.1) is 13.8 Å². The minimum Gasteiger partial charge on any atom is -0.368 e. The quantitative estimate of drug-likeness (QED) is 0.655. The Labute approximate surface area is 189 Å². The highest BCUT2D eigenvalue weighted by Gasteiger charge is 2.22. The third-order valence-electron chi connectivity index (χ3n) is 6.12. The van der Waals surface area contributed by atoms with Crippen molar-refractivity contribution in [2.24, 2.45) is 0 Å². The van der Waals surface area contributed by atoms with Crippen LogP contribution in [0.4, 0.5) is 11.4 Å². The maximum atomic E-state index is 12.7. The van der Waals surface area contributed by atoms with Crippen molar-refractivity contribution in [1.29, 1.82) is 0 Å². The fourth-order valence-corrected chi connectivity index (χ4v) is 4.08. The van der Waals surface area contributed by atoms with Crippen LogP contribution in [0.25, 0.3) is 0 Å². The molecule has 0 bridgehead atoms. The summed E-state index contributed by atoms with van der Waals surface area (Å²) in [5.74, 6) is 0.0878. The van der Waals surface area contributed by atoms with Crippen LogP contribution >= 0.6 is 0 Å². The van der Waals surface area contributed by atoms with Crippen molar-refractivity contribution in [2.45, 2.75) is 20.3 Å². The first kappa shape index (κ1) is 21.6. The third kappa shape index (κ3) is 4.99. The number of nitrogens with zero attached hydrogens (tertiary/aromatic N) is 2. The van der Waals surface area contributed by atoms with Crippen molar-refractivity contribution in [1.82, 2.24) is 4.90 Å². The number of carbonyl (C=O) groups excluding carboxylic acids is 2. The lowest BCUT2D eigenvalue weighted by molar-refractivity contribution is -0.130. The molecule has 1 aliphatic rings. The van der Waals surface area contributed by atoms with Gasteiger partial charge in [-0.25, -0.2) is 0 Å². The summed E-state index contributed by atoms with van der Waals surface area (Å²) in [6, 6.07) is 23.5. The smallest absolute Gasteiger partial charge is 0.255 e. The van der Waals surface area contributed by atoms with Crippen molar-refractivity contribution >= 4 is 23.2 Å². The van der Waals surface area contributed by atoms with Gasteiger partial charge >= 0.3 is 0 Å². The SMILES string of the molecule is Cc1ccccc1CC(=O)N1CCN(c2ccc(NC(=O)c3ccccc3C)cc2)CC1. The molecule has 32 heavy (non-hydrogen) atoms. The standard InChI is InChI=1S/C27H29N3O2/c1-20-7-3-5-9-22(20)19-26(31)30-17-15-29(16-18-30)24-13-11-23(12-14-24)28-27(32)25-10-6-4-8-21(25)2/h3-14H,15-19H2,1-2H3,(H,28,32). The van der Waals surface area contributed by atoms with Gasteiger partial charge in [-0.05, 0) is 60.9 Å². The fourth-order valence-electron chi connectivity index (χ4n) is 4.08. The van der Waals surface area contributed by atoms with Crippen LogP contribution in [-0.2, 0) is 11.2 Å². The number of carbonyl (C=O) groups is 2. The van der Waals surface area contributed by atoms with E-state index in [4.69, 9.17) is 0 Å². The molecule has 0 atom stereocenters. The topological polar surface area (TPSA) is 52.7 Å². The van der Waals surface area contributed by atoms with E-state index in [1.165, 1.54) is 0 Å². The summed E-state index contributed by atoms with van der Waals surface area (Å²) in [6.45, 7) is 7.02. The summed E-state index contributed by atoms with van der Waals surface area (Å²) in [5.41, 5.74) is 5.77. The highest BCUT2D eigenvalue weighted by molar-refractivity contribution is 6.05. The predicted molar refractivity (Wildman–Crippen MR) is 129 cm³/mol. The van der Waals surface area contributed by atoms with Crippen LogP contribution < -0.4 is 10.2 Å². The summed E-state index contributed by atoms with van der Waals surface area (Å²) >= 11 is 0. The number of rotatable bonds is 5. The summed E-state index contributed by atoms with van der Waals surface area (Å²) < 4.78 is 0. The average molecular weight is 428 g/mol. The molecule has 1 fully saturated rings. The number of hydrogen-bond acceptors (Lipinski definition) is 3. The lowest BCUT2D eigenvalue weighted by Gasteiger charge is -2.36. The Morgan fingerprint density at radius 1 is 0.781 bits per heavy atom. The Bertz CT molecular complexity index is 1100. The number of nitrogens with one attached hydrogen (secondary N) is 1. The van der Waals surface area contributed by atoms with Crippen molar-refractivity contribution in [3.05, 3.63) is 95.1 Å². The van der Waals surface area contributed by atoms with Gasteiger partial charge in [-0.2, -0.15) is 0 Å². The van der Waals surface area contributed by atoms with Gasteiger partial charge in [-0.15, -0.1) is 0 Å². The van der Waals surface area contributed by atoms with Crippen molar-refractivity contribution < 1.29 is 9.59 Å². The fraction of sp³-hybridized carbons (Fsp3) is 0.259. The second-order valence-corrected chi connectivity index (χ2v) is 8.29. The Balaban J connectivity index is 1.31. The molecule has 0 saturated carbocycles.